The molecule has 24 heavy (non-hydrogen) atoms. The highest BCUT2D eigenvalue weighted by Crippen LogP contribution is 2.15. The van der Waals surface area contributed by atoms with Gasteiger partial charge in [-0.1, -0.05) is 70.4 Å². The van der Waals surface area contributed by atoms with Crippen molar-refractivity contribution in [2.75, 3.05) is 13.1 Å². The van der Waals surface area contributed by atoms with E-state index < -0.39 is 0 Å². The van der Waals surface area contributed by atoms with Gasteiger partial charge < -0.3 is 10.0 Å². The van der Waals surface area contributed by atoms with Crippen molar-refractivity contribution in [2.45, 2.75) is 104 Å². The van der Waals surface area contributed by atoms with E-state index in [4.69, 9.17) is 0 Å². The first-order valence-corrected chi connectivity index (χ1v) is 10.4. The minimum absolute atomic E-state index is 0.381. The van der Waals surface area contributed by atoms with Crippen LogP contribution in [-0.4, -0.2) is 35.2 Å². The first kappa shape index (κ1) is 21.2. The number of hydrogen-bond acceptors (Lipinski definition) is 3. The summed E-state index contributed by atoms with van der Waals surface area (Å²) in [5.41, 5.74) is 0. The highest BCUT2D eigenvalue weighted by atomic mass is 16.3. The van der Waals surface area contributed by atoms with Crippen LogP contribution in [0.15, 0.2) is 17.1 Å². The summed E-state index contributed by atoms with van der Waals surface area (Å²) in [6.07, 6.45) is 21.4. The Balaban J connectivity index is 1.82. The quantitative estimate of drug-likeness (QED) is 0.308. The van der Waals surface area contributed by atoms with Crippen molar-refractivity contribution in [1.29, 1.82) is 0 Å². The molecule has 0 bridgehead atoms. The van der Waals surface area contributed by atoms with Crippen molar-refractivity contribution < 1.29 is 5.11 Å². The van der Waals surface area contributed by atoms with E-state index in [1.165, 1.54) is 77.0 Å². The Hall–Kier alpha value is -0.830. The molecular weight excluding hydrogens is 296 g/mol. The summed E-state index contributed by atoms with van der Waals surface area (Å²) in [6, 6.07) is 0. The van der Waals surface area contributed by atoms with E-state index in [1.54, 1.807) is 0 Å². The number of nitrogens with zero attached hydrogens (tertiary/aromatic N) is 2. The number of rotatable bonds is 15. The highest BCUT2D eigenvalue weighted by molar-refractivity contribution is 5.83. The molecule has 1 aliphatic rings. The lowest BCUT2D eigenvalue weighted by Crippen LogP contribution is -2.35. The molecule has 0 saturated heterocycles. The zero-order valence-electron chi connectivity index (χ0n) is 16.2. The minimum atomic E-state index is -0.381. The maximum atomic E-state index is 9.68. The molecule has 140 valence electrons. The minimum Gasteiger partial charge on any atom is -0.374 e. The van der Waals surface area contributed by atoms with Gasteiger partial charge in [-0.2, -0.15) is 0 Å². The van der Waals surface area contributed by atoms with E-state index in [1.807, 2.05) is 11.8 Å². The summed E-state index contributed by atoms with van der Waals surface area (Å²) in [5.74, 6) is 1.12. The number of aliphatic hydroxyl groups is 1. The fraction of sp³-hybridized carbons (Fsp3) is 0.857. The number of aliphatic imine (C=N–C) groups is 1. The summed E-state index contributed by atoms with van der Waals surface area (Å²) in [4.78, 5) is 6.56. The first-order valence-electron chi connectivity index (χ1n) is 10.4. The van der Waals surface area contributed by atoms with E-state index >= 15 is 0 Å². The normalized spacial score (nSPS) is 16.1. The molecule has 3 nitrogen and oxygen atoms in total. The topological polar surface area (TPSA) is 35.8 Å². The second-order valence-corrected chi connectivity index (χ2v) is 7.08. The Morgan fingerprint density at radius 3 is 2.12 bits per heavy atom. The molecule has 0 spiro atoms. The van der Waals surface area contributed by atoms with Crippen LogP contribution in [0.3, 0.4) is 0 Å². The molecule has 0 aliphatic carbocycles. The zero-order chi connectivity index (χ0) is 17.5. The summed E-state index contributed by atoms with van der Waals surface area (Å²) in [6.45, 7) is 5.78. The maximum absolute atomic E-state index is 9.68. The lowest BCUT2D eigenvalue weighted by molar-refractivity contribution is 0.0766. The molecule has 1 rings (SSSR count). The van der Waals surface area contributed by atoms with Crippen LogP contribution in [0.4, 0.5) is 0 Å². The SMILES string of the molecule is CC/C=C/CCCCCCCCCCCCC1=NCCN1C(C)O. The molecule has 0 amide bonds. The Morgan fingerprint density at radius 2 is 1.54 bits per heavy atom. The zero-order valence-corrected chi connectivity index (χ0v) is 16.2. The maximum Gasteiger partial charge on any atom is 0.125 e. The summed E-state index contributed by atoms with van der Waals surface area (Å²) in [7, 11) is 0. The van der Waals surface area contributed by atoms with Crippen LogP contribution in [0.2, 0.25) is 0 Å². The van der Waals surface area contributed by atoms with E-state index in [9.17, 15) is 5.11 Å². The fourth-order valence-electron chi connectivity index (χ4n) is 3.38. The molecule has 1 aliphatic heterocycles. The molecule has 0 aromatic rings. The van der Waals surface area contributed by atoms with Crippen molar-refractivity contribution >= 4 is 5.84 Å². The molecule has 0 fully saturated rings. The van der Waals surface area contributed by atoms with Crippen molar-refractivity contribution in [3.05, 3.63) is 12.2 Å². The predicted octanol–water partition coefficient (Wildman–Crippen LogP) is 5.69. The average molecular weight is 337 g/mol. The van der Waals surface area contributed by atoms with Gasteiger partial charge >= 0.3 is 0 Å². The van der Waals surface area contributed by atoms with Gasteiger partial charge in [0, 0.05) is 13.0 Å². The van der Waals surface area contributed by atoms with E-state index in [0.717, 1.165) is 25.3 Å². The molecule has 0 radical (unpaired) electrons. The van der Waals surface area contributed by atoms with E-state index in [2.05, 4.69) is 24.1 Å². The van der Waals surface area contributed by atoms with Gasteiger partial charge in [0.05, 0.1) is 6.54 Å². The predicted molar refractivity (Wildman–Crippen MR) is 106 cm³/mol. The Morgan fingerprint density at radius 1 is 0.958 bits per heavy atom. The third-order valence-corrected chi connectivity index (χ3v) is 4.84. The number of amidine groups is 1. The Bertz CT molecular complexity index is 350. The molecule has 3 heteroatoms. The van der Waals surface area contributed by atoms with Gasteiger partial charge in [0.1, 0.15) is 12.1 Å². The van der Waals surface area contributed by atoms with Crippen LogP contribution in [0.5, 0.6) is 0 Å². The lowest BCUT2D eigenvalue weighted by Gasteiger charge is -2.23. The monoisotopic (exact) mass is 336 g/mol. The number of unbranched alkanes of at least 4 members (excludes halogenated alkanes) is 10. The number of hydrogen-bond donors (Lipinski definition) is 1. The Kier molecular flexibility index (Phi) is 12.8. The molecule has 0 aromatic carbocycles. The number of allylic oxidation sites excluding steroid dienone is 2. The van der Waals surface area contributed by atoms with Gasteiger partial charge in [0.2, 0.25) is 0 Å². The van der Waals surface area contributed by atoms with Crippen LogP contribution in [0, 0.1) is 0 Å². The summed E-state index contributed by atoms with van der Waals surface area (Å²) >= 11 is 0. The van der Waals surface area contributed by atoms with Crippen LogP contribution < -0.4 is 0 Å². The molecule has 0 saturated carbocycles. The smallest absolute Gasteiger partial charge is 0.125 e. The fourth-order valence-corrected chi connectivity index (χ4v) is 3.38. The largest absolute Gasteiger partial charge is 0.374 e. The van der Waals surface area contributed by atoms with Crippen LogP contribution in [0.25, 0.3) is 0 Å². The third-order valence-electron chi connectivity index (χ3n) is 4.84. The van der Waals surface area contributed by atoms with Crippen molar-refractivity contribution in [3.63, 3.8) is 0 Å². The van der Waals surface area contributed by atoms with Crippen molar-refractivity contribution in [1.82, 2.24) is 4.90 Å². The molecular formula is C21H40N2O. The highest BCUT2D eigenvalue weighted by Gasteiger charge is 2.19. The summed E-state index contributed by atoms with van der Waals surface area (Å²) < 4.78 is 0. The van der Waals surface area contributed by atoms with Crippen molar-refractivity contribution in [3.8, 4) is 0 Å². The van der Waals surface area contributed by atoms with Crippen LogP contribution >= 0.6 is 0 Å². The third kappa shape index (κ3) is 10.1. The van der Waals surface area contributed by atoms with Crippen molar-refractivity contribution in [2.24, 2.45) is 4.99 Å². The molecule has 0 aromatic heterocycles. The standard InChI is InChI=1S/C21H40N2O/c1-3-4-5-6-7-8-9-10-11-12-13-14-15-16-17-21-22-18-19-23(21)20(2)24/h4-5,20,24H,3,6-19H2,1-2H3/b5-4+. The van der Waals surface area contributed by atoms with E-state index in [-0.39, 0.29) is 6.23 Å². The second-order valence-electron chi connectivity index (χ2n) is 7.08. The first-order chi connectivity index (χ1) is 11.8. The van der Waals surface area contributed by atoms with Gasteiger partial charge in [-0.25, -0.2) is 0 Å². The van der Waals surface area contributed by atoms with Crippen LogP contribution in [0.1, 0.15) is 97.3 Å². The molecule has 1 atom stereocenters. The van der Waals surface area contributed by atoms with Gasteiger partial charge in [-0.3, -0.25) is 4.99 Å². The van der Waals surface area contributed by atoms with E-state index in [0.29, 0.717) is 0 Å². The van der Waals surface area contributed by atoms with Crippen LogP contribution in [-0.2, 0) is 0 Å². The summed E-state index contributed by atoms with van der Waals surface area (Å²) in [5, 5.41) is 9.68. The van der Waals surface area contributed by atoms with Gasteiger partial charge in [0.25, 0.3) is 0 Å². The molecule has 1 N–H and O–H groups in total. The van der Waals surface area contributed by atoms with Gasteiger partial charge in [-0.15, -0.1) is 0 Å². The average Bonchev–Trinajstić information content (AvgIpc) is 3.04. The Labute approximate surface area is 150 Å². The van der Waals surface area contributed by atoms with Gasteiger partial charge in [0.15, 0.2) is 0 Å². The molecule has 1 heterocycles. The molecule has 1 unspecified atom stereocenters. The lowest BCUT2D eigenvalue weighted by atomic mass is 10.0. The number of aliphatic hydroxyl groups excluding tert-OH is 1. The second kappa shape index (κ2) is 14.5. The van der Waals surface area contributed by atoms with Gasteiger partial charge in [-0.05, 0) is 32.6 Å².